The number of carbonyl (C=O) groups is 1. The highest BCUT2D eigenvalue weighted by Crippen LogP contribution is 2.32. The van der Waals surface area contributed by atoms with Crippen LogP contribution in [0.15, 0.2) is 34.7 Å². The van der Waals surface area contributed by atoms with Crippen LogP contribution in [0.3, 0.4) is 0 Å². The predicted molar refractivity (Wildman–Crippen MR) is 73.9 cm³/mol. The molecule has 1 aromatic heterocycles. The first-order valence-electron chi connectivity index (χ1n) is 5.95. The zero-order chi connectivity index (χ0) is 13.4. The first kappa shape index (κ1) is 12.6. The van der Waals surface area contributed by atoms with Crippen LogP contribution in [0.4, 0.5) is 0 Å². The zero-order valence-corrected chi connectivity index (χ0v) is 11.5. The summed E-state index contributed by atoms with van der Waals surface area (Å²) < 4.78 is 5.30. The topological polar surface area (TPSA) is 42.2 Å². The van der Waals surface area contributed by atoms with Crippen LogP contribution >= 0.6 is 23.2 Å². The molecule has 1 amide bonds. The molecule has 0 radical (unpaired) electrons. The Hall–Kier alpha value is -1.45. The van der Waals surface area contributed by atoms with Crippen molar-refractivity contribution in [3.63, 3.8) is 0 Å². The van der Waals surface area contributed by atoms with E-state index in [1.807, 2.05) is 18.2 Å². The van der Waals surface area contributed by atoms with E-state index in [0.717, 1.165) is 17.5 Å². The molecular formula is C14H11Cl2NO2. The summed E-state index contributed by atoms with van der Waals surface area (Å²) in [7, 11) is 0. The molecule has 98 valence electrons. The second-order valence-corrected chi connectivity index (χ2v) is 5.24. The van der Waals surface area contributed by atoms with Gasteiger partial charge >= 0.3 is 0 Å². The van der Waals surface area contributed by atoms with Gasteiger partial charge in [-0.3, -0.25) is 4.79 Å². The van der Waals surface area contributed by atoms with Crippen LogP contribution in [-0.4, -0.2) is 12.5 Å². The van der Waals surface area contributed by atoms with Crippen molar-refractivity contribution in [3.05, 3.63) is 58.0 Å². The van der Waals surface area contributed by atoms with Crippen molar-refractivity contribution in [2.24, 2.45) is 0 Å². The number of rotatable bonds is 2. The average Bonchev–Trinajstić information content (AvgIpc) is 2.85. The van der Waals surface area contributed by atoms with Crippen LogP contribution in [0.5, 0.6) is 0 Å². The molecule has 0 bridgehead atoms. The fraction of sp³-hybridized carbons (Fsp3) is 0.214. The molecule has 1 N–H and O–H groups in total. The summed E-state index contributed by atoms with van der Waals surface area (Å²) in [6, 6.07) is 9.07. The number of amides is 1. The van der Waals surface area contributed by atoms with Gasteiger partial charge in [-0.2, -0.15) is 0 Å². The third kappa shape index (κ3) is 2.36. The molecule has 0 fully saturated rings. The maximum atomic E-state index is 11.8. The van der Waals surface area contributed by atoms with Crippen molar-refractivity contribution >= 4 is 29.1 Å². The van der Waals surface area contributed by atoms with E-state index >= 15 is 0 Å². The molecule has 19 heavy (non-hydrogen) atoms. The van der Waals surface area contributed by atoms with Crippen LogP contribution in [0, 0.1) is 0 Å². The Morgan fingerprint density at radius 3 is 2.84 bits per heavy atom. The van der Waals surface area contributed by atoms with Crippen LogP contribution in [0.25, 0.3) is 0 Å². The number of hydrogen-bond acceptors (Lipinski definition) is 2. The molecule has 5 heteroatoms. The van der Waals surface area contributed by atoms with Gasteiger partial charge < -0.3 is 9.73 Å². The van der Waals surface area contributed by atoms with E-state index in [0.29, 0.717) is 23.1 Å². The molecule has 0 spiro atoms. The summed E-state index contributed by atoms with van der Waals surface area (Å²) in [6.07, 6.45) is 0.848. The number of halogens is 2. The third-order valence-electron chi connectivity index (χ3n) is 3.19. The minimum atomic E-state index is -0.451. The van der Waals surface area contributed by atoms with Crippen molar-refractivity contribution in [1.82, 2.24) is 5.32 Å². The van der Waals surface area contributed by atoms with Crippen LogP contribution in [0.1, 0.15) is 32.6 Å². The van der Waals surface area contributed by atoms with Gasteiger partial charge in [0.05, 0.1) is 0 Å². The summed E-state index contributed by atoms with van der Waals surface area (Å²) in [5.74, 6) is 0.521. The standard InChI is InChI=1S/C14H11Cl2NO2/c15-12-4-3-11(19-12)13(16)9-2-1-8-5-6-17-14(18)10(8)7-9/h1-4,7,13H,5-6H2,(H,17,18). The fourth-order valence-corrected chi connectivity index (χ4v) is 2.62. The number of alkyl halides is 1. The number of carbonyl (C=O) groups excluding carboxylic acids is 1. The smallest absolute Gasteiger partial charge is 0.251 e. The summed E-state index contributed by atoms with van der Waals surface area (Å²) in [6.45, 7) is 0.684. The molecule has 0 saturated heterocycles. The first-order valence-corrected chi connectivity index (χ1v) is 6.77. The number of nitrogens with one attached hydrogen (secondary N) is 1. The molecule has 0 aliphatic carbocycles. The molecule has 1 aliphatic heterocycles. The van der Waals surface area contributed by atoms with Gasteiger partial charge in [-0.25, -0.2) is 0 Å². The van der Waals surface area contributed by atoms with E-state index in [4.69, 9.17) is 27.6 Å². The minimum Gasteiger partial charge on any atom is -0.448 e. The summed E-state index contributed by atoms with van der Waals surface area (Å²) in [5.41, 5.74) is 2.56. The maximum Gasteiger partial charge on any atom is 0.251 e. The molecular weight excluding hydrogens is 285 g/mol. The molecule has 1 aromatic carbocycles. The lowest BCUT2D eigenvalue weighted by molar-refractivity contribution is 0.0946. The van der Waals surface area contributed by atoms with Gasteiger partial charge in [0, 0.05) is 12.1 Å². The highest BCUT2D eigenvalue weighted by Gasteiger charge is 2.21. The SMILES string of the molecule is O=C1NCCc2ccc(C(Cl)c3ccc(Cl)o3)cc21. The summed E-state index contributed by atoms with van der Waals surface area (Å²) in [4.78, 5) is 11.8. The van der Waals surface area contributed by atoms with Gasteiger partial charge in [0.1, 0.15) is 11.1 Å². The Labute approximate surface area is 120 Å². The minimum absolute atomic E-state index is 0.0514. The van der Waals surface area contributed by atoms with Gasteiger partial charge in [0.25, 0.3) is 5.91 Å². The van der Waals surface area contributed by atoms with Crippen molar-refractivity contribution in [2.75, 3.05) is 6.54 Å². The quantitative estimate of drug-likeness (QED) is 0.861. The lowest BCUT2D eigenvalue weighted by Gasteiger charge is -2.18. The highest BCUT2D eigenvalue weighted by molar-refractivity contribution is 6.29. The van der Waals surface area contributed by atoms with Crippen molar-refractivity contribution < 1.29 is 9.21 Å². The zero-order valence-electron chi connectivity index (χ0n) is 9.95. The molecule has 1 atom stereocenters. The lowest BCUT2D eigenvalue weighted by atomic mass is 9.96. The van der Waals surface area contributed by atoms with Crippen molar-refractivity contribution in [1.29, 1.82) is 0 Å². The monoisotopic (exact) mass is 295 g/mol. The Morgan fingerprint density at radius 1 is 1.26 bits per heavy atom. The maximum absolute atomic E-state index is 11.8. The number of benzene rings is 1. The Balaban J connectivity index is 1.97. The van der Waals surface area contributed by atoms with Gasteiger partial charge in [-0.05, 0) is 47.3 Å². The number of hydrogen-bond donors (Lipinski definition) is 1. The Bertz CT molecular complexity index is 636. The Morgan fingerprint density at radius 2 is 2.11 bits per heavy atom. The van der Waals surface area contributed by atoms with Crippen molar-refractivity contribution in [3.8, 4) is 0 Å². The summed E-state index contributed by atoms with van der Waals surface area (Å²) in [5, 5.41) is 2.67. The van der Waals surface area contributed by atoms with E-state index in [1.54, 1.807) is 12.1 Å². The number of furan rings is 1. The van der Waals surface area contributed by atoms with Crippen molar-refractivity contribution in [2.45, 2.75) is 11.8 Å². The van der Waals surface area contributed by atoms with E-state index in [9.17, 15) is 4.79 Å². The molecule has 0 saturated carbocycles. The van der Waals surface area contributed by atoms with Gasteiger partial charge in [0.2, 0.25) is 0 Å². The second kappa shape index (κ2) is 4.91. The van der Waals surface area contributed by atoms with Gasteiger partial charge in [0.15, 0.2) is 5.22 Å². The van der Waals surface area contributed by atoms with E-state index in [-0.39, 0.29) is 5.91 Å². The first-order chi connectivity index (χ1) is 9.15. The number of fused-ring (bicyclic) bond motifs is 1. The van der Waals surface area contributed by atoms with E-state index in [2.05, 4.69) is 5.32 Å². The van der Waals surface area contributed by atoms with Gasteiger partial charge in [-0.15, -0.1) is 11.6 Å². The molecule has 1 unspecified atom stereocenters. The second-order valence-electron chi connectivity index (χ2n) is 4.43. The lowest BCUT2D eigenvalue weighted by Crippen LogP contribution is -2.31. The third-order valence-corrected chi connectivity index (χ3v) is 3.87. The predicted octanol–water partition coefficient (Wildman–Crippen LogP) is 3.55. The fourth-order valence-electron chi connectivity index (χ4n) is 2.22. The molecule has 1 aliphatic rings. The summed E-state index contributed by atoms with van der Waals surface area (Å²) >= 11 is 12.1. The largest absolute Gasteiger partial charge is 0.448 e. The molecule has 2 aromatic rings. The average molecular weight is 296 g/mol. The van der Waals surface area contributed by atoms with E-state index in [1.165, 1.54) is 0 Å². The Kier molecular flexibility index (Phi) is 3.25. The highest BCUT2D eigenvalue weighted by atomic mass is 35.5. The van der Waals surface area contributed by atoms with Crippen LogP contribution < -0.4 is 5.32 Å². The normalized spacial score (nSPS) is 15.8. The molecule has 3 nitrogen and oxygen atoms in total. The van der Waals surface area contributed by atoms with Gasteiger partial charge in [-0.1, -0.05) is 12.1 Å². The van der Waals surface area contributed by atoms with Crippen LogP contribution in [-0.2, 0) is 6.42 Å². The van der Waals surface area contributed by atoms with Crippen LogP contribution in [0.2, 0.25) is 5.22 Å². The molecule has 3 rings (SSSR count). The van der Waals surface area contributed by atoms with E-state index < -0.39 is 5.38 Å². The molecule has 2 heterocycles.